The second-order valence-electron chi connectivity index (χ2n) is 7.88. The summed E-state index contributed by atoms with van der Waals surface area (Å²) >= 11 is 0. The molecule has 1 fully saturated rings. The van der Waals surface area contributed by atoms with Crippen molar-refractivity contribution >= 4 is 11.7 Å². The molecule has 6 heteroatoms. The van der Waals surface area contributed by atoms with Crippen molar-refractivity contribution in [3.63, 3.8) is 0 Å². The van der Waals surface area contributed by atoms with E-state index in [0.29, 0.717) is 6.42 Å². The lowest BCUT2D eigenvalue weighted by Crippen LogP contribution is -2.51. The molecule has 0 spiro atoms. The summed E-state index contributed by atoms with van der Waals surface area (Å²) < 4.78 is 2.06. The number of pyridine rings is 1. The molecule has 30 heavy (non-hydrogen) atoms. The van der Waals surface area contributed by atoms with Crippen molar-refractivity contribution in [2.45, 2.75) is 19.4 Å². The maximum Gasteiger partial charge on any atom is 0.224 e. The standard InChI is InChI=1S/C24H29N5O/c1-20(19-27-14-16-29(17-15-27)23-6-2-3-11-25-23)26-24(30)18-21-7-9-22(10-8-21)28-12-4-5-13-28/h2-13,20H,14-19H2,1H3,(H,26,30). The van der Waals surface area contributed by atoms with Crippen LogP contribution < -0.4 is 10.2 Å². The molecule has 2 aromatic heterocycles. The minimum absolute atomic E-state index is 0.0725. The molecule has 0 bridgehead atoms. The largest absolute Gasteiger partial charge is 0.354 e. The minimum Gasteiger partial charge on any atom is -0.354 e. The Kier molecular flexibility index (Phi) is 6.44. The lowest BCUT2D eigenvalue weighted by Gasteiger charge is -2.36. The Balaban J connectivity index is 1.20. The van der Waals surface area contributed by atoms with Crippen LogP contribution in [0.5, 0.6) is 0 Å². The van der Waals surface area contributed by atoms with Crippen molar-refractivity contribution in [2.75, 3.05) is 37.6 Å². The van der Waals surface area contributed by atoms with Gasteiger partial charge in [-0.3, -0.25) is 9.69 Å². The van der Waals surface area contributed by atoms with Crippen molar-refractivity contribution in [3.05, 3.63) is 78.8 Å². The van der Waals surface area contributed by atoms with E-state index in [2.05, 4.69) is 37.7 Å². The van der Waals surface area contributed by atoms with Gasteiger partial charge in [0.25, 0.3) is 0 Å². The van der Waals surface area contributed by atoms with Gasteiger partial charge in [0.05, 0.1) is 6.42 Å². The number of aromatic nitrogens is 2. The third-order valence-electron chi connectivity index (χ3n) is 5.49. The molecule has 1 aromatic carbocycles. The van der Waals surface area contributed by atoms with E-state index in [0.717, 1.165) is 49.8 Å². The molecule has 3 aromatic rings. The average molecular weight is 404 g/mol. The Morgan fingerprint density at radius 2 is 1.73 bits per heavy atom. The first-order chi connectivity index (χ1) is 14.7. The monoisotopic (exact) mass is 403 g/mol. The van der Waals surface area contributed by atoms with Crippen molar-refractivity contribution in [2.24, 2.45) is 0 Å². The van der Waals surface area contributed by atoms with E-state index in [9.17, 15) is 4.79 Å². The highest BCUT2D eigenvalue weighted by molar-refractivity contribution is 5.78. The highest BCUT2D eigenvalue weighted by Crippen LogP contribution is 2.13. The maximum atomic E-state index is 12.5. The molecule has 1 atom stereocenters. The number of amides is 1. The second kappa shape index (κ2) is 9.59. The number of rotatable bonds is 7. The molecule has 6 nitrogen and oxygen atoms in total. The van der Waals surface area contributed by atoms with Crippen LogP contribution >= 0.6 is 0 Å². The summed E-state index contributed by atoms with van der Waals surface area (Å²) in [6.07, 6.45) is 6.27. The zero-order chi connectivity index (χ0) is 20.8. The predicted molar refractivity (Wildman–Crippen MR) is 120 cm³/mol. The van der Waals surface area contributed by atoms with Crippen LogP contribution in [0.2, 0.25) is 0 Å². The number of carbonyl (C=O) groups excluding carboxylic acids is 1. The molecule has 3 heterocycles. The van der Waals surface area contributed by atoms with Gasteiger partial charge in [0.1, 0.15) is 5.82 Å². The molecule has 0 aliphatic carbocycles. The Bertz CT molecular complexity index is 916. The lowest BCUT2D eigenvalue weighted by atomic mass is 10.1. The molecule has 1 unspecified atom stereocenters. The normalized spacial score (nSPS) is 15.7. The summed E-state index contributed by atoms with van der Waals surface area (Å²) in [4.78, 5) is 21.6. The van der Waals surface area contributed by atoms with E-state index in [1.54, 1.807) is 0 Å². The summed E-state index contributed by atoms with van der Waals surface area (Å²) in [5.74, 6) is 1.12. The van der Waals surface area contributed by atoms with Crippen LogP contribution in [-0.4, -0.2) is 59.1 Å². The number of benzene rings is 1. The number of nitrogens with zero attached hydrogens (tertiary/aromatic N) is 4. The summed E-state index contributed by atoms with van der Waals surface area (Å²) in [5, 5.41) is 3.15. The third kappa shape index (κ3) is 5.27. The van der Waals surface area contributed by atoms with Crippen LogP contribution in [0.1, 0.15) is 12.5 Å². The summed E-state index contributed by atoms with van der Waals surface area (Å²) in [7, 11) is 0. The molecule has 0 radical (unpaired) electrons. The third-order valence-corrected chi connectivity index (χ3v) is 5.49. The van der Waals surface area contributed by atoms with Crippen LogP contribution in [0.15, 0.2) is 73.2 Å². The highest BCUT2D eigenvalue weighted by Gasteiger charge is 2.20. The van der Waals surface area contributed by atoms with E-state index in [-0.39, 0.29) is 11.9 Å². The Hall–Kier alpha value is -3.12. The lowest BCUT2D eigenvalue weighted by molar-refractivity contribution is -0.121. The molecular formula is C24H29N5O. The van der Waals surface area contributed by atoms with Crippen molar-refractivity contribution in [3.8, 4) is 5.69 Å². The molecule has 1 aliphatic heterocycles. The van der Waals surface area contributed by atoms with Crippen molar-refractivity contribution in [1.82, 2.24) is 19.8 Å². The van der Waals surface area contributed by atoms with Gasteiger partial charge < -0.3 is 14.8 Å². The van der Waals surface area contributed by atoms with E-state index < -0.39 is 0 Å². The van der Waals surface area contributed by atoms with Gasteiger partial charge in [-0.25, -0.2) is 4.98 Å². The van der Waals surface area contributed by atoms with Gasteiger partial charge in [0.15, 0.2) is 0 Å². The van der Waals surface area contributed by atoms with Crippen LogP contribution in [0.3, 0.4) is 0 Å². The SMILES string of the molecule is CC(CN1CCN(c2ccccn2)CC1)NC(=O)Cc1ccc(-n2cccc2)cc1. The molecule has 0 saturated carbocycles. The van der Waals surface area contributed by atoms with Gasteiger partial charge >= 0.3 is 0 Å². The molecule has 1 N–H and O–H groups in total. The van der Waals surface area contributed by atoms with E-state index >= 15 is 0 Å². The first-order valence-corrected chi connectivity index (χ1v) is 10.6. The Morgan fingerprint density at radius 3 is 2.40 bits per heavy atom. The van der Waals surface area contributed by atoms with E-state index in [4.69, 9.17) is 0 Å². The van der Waals surface area contributed by atoms with Crippen LogP contribution in [0.25, 0.3) is 5.69 Å². The fraction of sp³-hybridized carbons (Fsp3) is 0.333. The van der Waals surface area contributed by atoms with Gasteiger partial charge in [0.2, 0.25) is 5.91 Å². The molecular weight excluding hydrogens is 374 g/mol. The van der Waals surface area contributed by atoms with Crippen LogP contribution in [0.4, 0.5) is 5.82 Å². The Morgan fingerprint density at radius 1 is 1.00 bits per heavy atom. The van der Waals surface area contributed by atoms with Crippen LogP contribution in [0, 0.1) is 0 Å². The highest BCUT2D eigenvalue weighted by atomic mass is 16.1. The average Bonchev–Trinajstić information content (AvgIpc) is 3.30. The fourth-order valence-corrected chi connectivity index (χ4v) is 3.94. The van der Waals surface area contributed by atoms with Gasteiger partial charge in [-0.15, -0.1) is 0 Å². The summed E-state index contributed by atoms with van der Waals surface area (Å²) in [5.41, 5.74) is 2.13. The second-order valence-corrected chi connectivity index (χ2v) is 7.88. The molecule has 1 saturated heterocycles. The zero-order valence-electron chi connectivity index (χ0n) is 17.4. The smallest absolute Gasteiger partial charge is 0.224 e. The van der Waals surface area contributed by atoms with Crippen molar-refractivity contribution < 1.29 is 4.79 Å². The van der Waals surface area contributed by atoms with Crippen LogP contribution in [-0.2, 0) is 11.2 Å². The molecule has 156 valence electrons. The van der Waals surface area contributed by atoms with Crippen molar-refractivity contribution in [1.29, 1.82) is 0 Å². The number of hydrogen-bond donors (Lipinski definition) is 1. The molecule has 4 rings (SSSR count). The van der Waals surface area contributed by atoms with Gasteiger partial charge in [-0.05, 0) is 48.9 Å². The molecule has 1 amide bonds. The number of carbonyl (C=O) groups is 1. The zero-order valence-corrected chi connectivity index (χ0v) is 17.4. The molecule has 1 aliphatic rings. The number of piperazine rings is 1. The van der Waals surface area contributed by atoms with E-state index in [1.165, 1.54) is 0 Å². The fourth-order valence-electron chi connectivity index (χ4n) is 3.94. The topological polar surface area (TPSA) is 53.4 Å². The minimum atomic E-state index is 0.0725. The Labute approximate surface area is 178 Å². The predicted octanol–water partition coefficient (Wildman–Crippen LogP) is 2.74. The van der Waals surface area contributed by atoms with Gasteiger partial charge in [-0.2, -0.15) is 0 Å². The number of nitrogens with one attached hydrogen (secondary N) is 1. The maximum absolute atomic E-state index is 12.5. The van der Waals surface area contributed by atoms with E-state index in [1.807, 2.05) is 67.1 Å². The first-order valence-electron chi connectivity index (χ1n) is 10.6. The van der Waals surface area contributed by atoms with Gasteiger partial charge in [-0.1, -0.05) is 18.2 Å². The first kappa shape index (κ1) is 20.2. The quantitative estimate of drug-likeness (QED) is 0.659. The number of hydrogen-bond acceptors (Lipinski definition) is 4. The summed E-state index contributed by atoms with van der Waals surface area (Å²) in [6.45, 7) is 6.85. The summed E-state index contributed by atoms with van der Waals surface area (Å²) in [6, 6.07) is 18.3. The van der Waals surface area contributed by atoms with Gasteiger partial charge in [0, 0.05) is 63.0 Å². The number of anilines is 1.